The molecule has 0 unspecified atom stereocenters. The molecule has 4 nitrogen and oxygen atoms in total. The number of nitrogens with zero attached hydrogens (tertiary/aromatic N) is 1. The second kappa shape index (κ2) is 16.4. The van der Waals surface area contributed by atoms with Gasteiger partial charge in [-0.2, -0.15) is 0 Å². The van der Waals surface area contributed by atoms with Gasteiger partial charge in [0.25, 0.3) is 0 Å². The van der Waals surface area contributed by atoms with E-state index in [4.69, 9.17) is 4.74 Å². The predicted molar refractivity (Wildman–Crippen MR) is 116 cm³/mol. The molecule has 0 aromatic heterocycles. The first kappa shape index (κ1) is 24.5. The van der Waals surface area contributed by atoms with Gasteiger partial charge in [-0.25, -0.2) is 4.79 Å². The second-order valence-corrected chi connectivity index (χ2v) is 7.75. The van der Waals surface area contributed by atoms with Crippen molar-refractivity contribution in [1.29, 1.82) is 0 Å². The van der Waals surface area contributed by atoms with Gasteiger partial charge in [-0.1, -0.05) is 63.3 Å². The van der Waals surface area contributed by atoms with Gasteiger partial charge in [0.05, 0.1) is 7.11 Å². The quantitative estimate of drug-likeness (QED) is 0.196. The van der Waals surface area contributed by atoms with Gasteiger partial charge < -0.3 is 9.64 Å². The number of unbranched alkanes of at least 4 members (excludes halogenated alkanes) is 8. The number of rotatable bonds is 15. The van der Waals surface area contributed by atoms with E-state index in [-0.39, 0.29) is 17.9 Å². The lowest BCUT2D eigenvalue weighted by Gasteiger charge is -2.22. The van der Waals surface area contributed by atoms with Crippen LogP contribution in [0.1, 0.15) is 96.8 Å². The smallest absolute Gasteiger partial charge is 0.328 e. The van der Waals surface area contributed by atoms with E-state index in [9.17, 15) is 9.59 Å². The third-order valence-corrected chi connectivity index (χ3v) is 5.39. The Morgan fingerprint density at radius 3 is 2.25 bits per heavy atom. The van der Waals surface area contributed by atoms with Gasteiger partial charge in [-0.3, -0.25) is 4.79 Å². The topological polar surface area (TPSA) is 46.6 Å². The Morgan fingerprint density at radius 2 is 1.57 bits per heavy atom. The van der Waals surface area contributed by atoms with E-state index in [1.54, 1.807) is 4.90 Å². The van der Waals surface area contributed by atoms with Crippen molar-refractivity contribution in [1.82, 2.24) is 4.90 Å². The second-order valence-electron chi connectivity index (χ2n) is 7.75. The van der Waals surface area contributed by atoms with E-state index in [1.165, 1.54) is 52.1 Å². The summed E-state index contributed by atoms with van der Waals surface area (Å²) in [6, 6.07) is -0.351. The molecule has 1 aliphatic rings. The normalized spacial score (nSPS) is 17.1. The first-order valence-electron chi connectivity index (χ1n) is 11.4. The van der Waals surface area contributed by atoms with Crippen LogP contribution in [0.5, 0.6) is 0 Å². The van der Waals surface area contributed by atoms with Gasteiger partial charge in [0.1, 0.15) is 6.04 Å². The molecule has 0 N–H and O–H groups in total. The van der Waals surface area contributed by atoms with Gasteiger partial charge in [0.2, 0.25) is 5.91 Å². The molecule has 160 valence electrons. The lowest BCUT2D eigenvalue weighted by molar-refractivity contribution is -0.151. The zero-order chi connectivity index (χ0) is 20.5. The Labute approximate surface area is 172 Å². The fourth-order valence-corrected chi connectivity index (χ4v) is 3.68. The first-order valence-corrected chi connectivity index (χ1v) is 11.4. The molecular formula is C24H41NO3. The van der Waals surface area contributed by atoms with Crippen LogP contribution < -0.4 is 0 Å². The van der Waals surface area contributed by atoms with Crippen LogP contribution in [0, 0.1) is 0 Å². The molecule has 0 aromatic carbocycles. The lowest BCUT2D eigenvalue weighted by Crippen LogP contribution is -2.40. The summed E-state index contributed by atoms with van der Waals surface area (Å²) in [5.41, 5.74) is 0. The fraction of sp³-hybridized carbons (Fsp3) is 0.750. The summed E-state index contributed by atoms with van der Waals surface area (Å²) in [7, 11) is 1.39. The minimum absolute atomic E-state index is 0.110. The molecule has 28 heavy (non-hydrogen) atoms. The van der Waals surface area contributed by atoms with E-state index < -0.39 is 0 Å². The van der Waals surface area contributed by atoms with Crippen molar-refractivity contribution in [3.05, 3.63) is 24.3 Å². The fourth-order valence-electron chi connectivity index (χ4n) is 3.68. The number of hydrogen-bond donors (Lipinski definition) is 0. The molecule has 0 aromatic rings. The Balaban J connectivity index is 1.97. The largest absolute Gasteiger partial charge is 0.467 e. The molecule has 0 saturated carbocycles. The number of allylic oxidation sites excluding steroid dienone is 4. The summed E-state index contributed by atoms with van der Waals surface area (Å²) in [6.45, 7) is 2.93. The van der Waals surface area contributed by atoms with Crippen LogP contribution in [-0.4, -0.2) is 36.5 Å². The SMILES string of the molecule is CCCCC/C=C\C/C=C\CCCCCCCC(=O)N1CCC[C@H]1C(=O)OC. The molecule has 0 radical (unpaired) electrons. The van der Waals surface area contributed by atoms with Crippen molar-refractivity contribution in [2.24, 2.45) is 0 Å². The molecule has 1 amide bonds. The Hall–Kier alpha value is -1.58. The third-order valence-electron chi connectivity index (χ3n) is 5.39. The summed E-state index contributed by atoms with van der Waals surface area (Å²) < 4.78 is 4.80. The molecule has 1 aliphatic heterocycles. The van der Waals surface area contributed by atoms with Gasteiger partial charge >= 0.3 is 5.97 Å². The van der Waals surface area contributed by atoms with E-state index in [0.717, 1.165) is 38.5 Å². The summed E-state index contributed by atoms with van der Waals surface area (Å²) in [4.78, 5) is 25.7. The predicted octanol–water partition coefficient (Wildman–Crippen LogP) is 5.96. The van der Waals surface area contributed by atoms with Crippen molar-refractivity contribution >= 4 is 11.9 Å². The standard InChI is InChI=1S/C24H41NO3/c1-3-4-5-6-7-8-9-10-11-12-13-14-15-16-17-20-23(26)25-21-18-19-22(25)24(27)28-2/h7-8,10-11,22H,3-6,9,12-21H2,1-2H3/b8-7-,11-10-/t22-/m0/s1. The molecule has 0 spiro atoms. The average molecular weight is 392 g/mol. The highest BCUT2D eigenvalue weighted by atomic mass is 16.5. The summed E-state index contributed by atoms with van der Waals surface area (Å²) in [5, 5.41) is 0. The number of carbonyl (C=O) groups excluding carboxylic acids is 2. The van der Waals surface area contributed by atoms with E-state index in [0.29, 0.717) is 13.0 Å². The van der Waals surface area contributed by atoms with Crippen molar-refractivity contribution in [2.45, 2.75) is 103 Å². The average Bonchev–Trinajstić information content (AvgIpc) is 3.20. The number of methoxy groups -OCH3 is 1. The van der Waals surface area contributed by atoms with Crippen molar-refractivity contribution in [3.63, 3.8) is 0 Å². The van der Waals surface area contributed by atoms with Crippen LogP contribution in [0.2, 0.25) is 0 Å². The highest BCUT2D eigenvalue weighted by molar-refractivity contribution is 5.85. The maximum atomic E-state index is 12.3. The van der Waals surface area contributed by atoms with Crippen LogP contribution in [0.25, 0.3) is 0 Å². The molecule has 0 aliphatic carbocycles. The minimum atomic E-state index is -0.351. The molecule has 1 atom stereocenters. The van der Waals surface area contributed by atoms with Crippen LogP contribution in [-0.2, 0) is 14.3 Å². The van der Waals surface area contributed by atoms with Gasteiger partial charge in [0.15, 0.2) is 0 Å². The Bertz CT molecular complexity index is 484. The maximum Gasteiger partial charge on any atom is 0.328 e. The van der Waals surface area contributed by atoms with Crippen molar-refractivity contribution in [3.8, 4) is 0 Å². The zero-order valence-electron chi connectivity index (χ0n) is 18.2. The molecular weight excluding hydrogens is 350 g/mol. The van der Waals surface area contributed by atoms with Crippen LogP contribution in [0.4, 0.5) is 0 Å². The van der Waals surface area contributed by atoms with E-state index in [1.807, 2.05) is 0 Å². The number of ether oxygens (including phenoxy) is 1. The zero-order valence-corrected chi connectivity index (χ0v) is 18.2. The summed E-state index contributed by atoms with van der Waals surface area (Å²) >= 11 is 0. The van der Waals surface area contributed by atoms with Crippen LogP contribution in [0.15, 0.2) is 24.3 Å². The Kier molecular flexibility index (Phi) is 14.3. The van der Waals surface area contributed by atoms with E-state index in [2.05, 4.69) is 31.2 Å². The first-order chi connectivity index (χ1) is 13.7. The molecule has 1 rings (SSSR count). The summed E-state index contributed by atoms with van der Waals surface area (Å²) in [5.74, 6) is -0.163. The van der Waals surface area contributed by atoms with Gasteiger partial charge in [0, 0.05) is 13.0 Å². The lowest BCUT2D eigenvalue weighted by atomic mass is 10.1. The minimum Gasteiger partial charge on any atom is -0.467 e. The van der Waals surface area contributed by atoms with Crippen LogP contribution >= 0.6 is 0 Å². The monoisotopic (exact) mass is 391 g/mol. The van der Waals surface area contributed by atoms with Crippen molar-refractivity contribution < 1.29 is 14.3 Å². The molecule has 1 saturated heterocycles. The molecule has 0 bridgehead atoms. The number of hydrogen-bond acceptors (Lipinski definition) is 3. The number of likely N-dealkylation sites (tertiary alicyclic amines) is 1. The Morgan fingerprint density at radius 1 is 0.929 bits per heavy atom. The highest BCUT2D eigenvalue weighted by Gasteiger charge is 2.34. The maximum absolute atomic E-state index is 12.3. The van der Waals surface area contributed by atoms with Gasteiger partial charge in [-0.05, 0) is 51.4 Å². The number of esters is 1. The molecule has 1 fully saturated rings. The number of amides is 1. The van der Waals surface area contributed by atoms with Crippen LogP contribution in [0.3, 0.4) is 0 Å². The third kappa shape index (κ3) is 10.7. The van der Waals surface area contributed by atoms with Gasteiger partial charge in [-0.15, -0.1) is 0 Å². The van der Waals surface area contributed by atoms with E-state index >= 15 is 0 Å². The summed E-state index contributed by atoms with van der Waals surface area (Å²) in [6.07, 6.45) is 24.3. The molecule has 1 heterocycles. The van der Waals surface area contributed by atoms with Crippen molar-refractivity contribution in [2.75, 3.05) is 13.7 Å². The highest BCUT2D eigenvalue weighted by Crippen LogP contribution is 2.20. The molecule has 4 heteroatoms. The number of carbonyl (C=O) groups is 2.